The molecule has 1 unspecified atom stereocenters. The molecule has 0 saturated heterocycles. The second kappa shape index (κ2) is 8.56. The molecule has 0 aliphatic heterocycles. The molecule has 0 fully saturated rings. The summed E-state index contributed by atoms with van der Waals surface area (Å²) in [6, 6.07) is 19.2. The van der Waals surface area contributed by atoms with Crippen molar-refractivity contribution in [1.82, 2.24) is 0 Å². The van der Waals surface area contributed by atoms with Crippen LogP contribution in [0.4, 0.5) is 5.69 Å². The highest BCUT2D eigenvalue weighted by atomic mass is 16.5. The molecule has 5 nitrogen and oxygen atoms in total. The summed E-state index contributed by atoms with van der Waals surface area (Å²) in [4.78, 5) is 11.6. The Bertz CT molecular complexity index is 933. The molecule has 0 radical (unpaired) electrons. The molecule has 0 aromatic heterocycles. The molecule has 5 heteroatoms. The molecule has 0 aliphatic carbocycles. The van der Waals surface area contributed by atoms with Gasteiger partial charge in [-0.15, -0.1) is 0 Å². The van der Waals surface area contributed by atoms with E-state index in [9.17, 15) is 9.90 Å². The normalized spacial score (nSPS) is 11.9. The number of carboxylic acids is 1. The van der Waals surface area contributed by atoms with E-state index in [2.05, 4.69) is 5.32 Å². The van der Waals surface area contributed by atoms with Gasteiger partial charge in [0.2, 0.25) is 0 Å². The summed E-state index contributed by atoms with van der Waals surface area (Å²) in [7, 11) is 1.64. The minimum absolute atomic E-state index is 0.0941. The minimum atomic E-state index is -1.01. The van der Waals surface area contributed by atoms with Gasteiger partial charge in [0.15, 0.2) is 0 Å². The molecule has 27 heavy (non-hydrogen) atoms. The number of aromatic carboxylic acids is 1. The molecule has 0 amide bonds. The van der Waals surface area contributed by atoms with Gasteiger partial charge in [0.1, 0.15) is 17.9 Å². The van der Waals surface area contributed by atoms with Crippen molar-refractivity contribution in [3.05, 3.63) is 71.8 Å². The van der Waals surface area contributed by atoms with E-state index in [1.165, 1.54) is 0 Å². The van der Waals surface area contributed by atoms with E-state index in [0.29, 0.717) is 19.0 Å². The van der Waals surface area contributed by atoms with Crippen molar-refractivity contribution in [2.45, 2.75) is 19.6 Å². The van der Waals surface area contributed by atoms with Gasteiger partial charge in [0, 0.05) is 24.9 Å². The Morgan fingerprint density at radius 3 is 2.67 bits per heavy atom. The summed E-state index contributed by atoms with van der Waals surface area (Å²) in [6.45, 7) is 2.83. The Morgan fingerprint density at radius 1 is 1.11 bits per heavy atom. The molecule has 0 saturated carbocycles. The minimum Gasteiger partial charge on any atom is -0.488 e. The van der Waals surface area contributed by atoms with Gasteiger partial charge in [-0.25, -0.2) is 4.79 Å². The molecule has 2 N–H and O–H groups in total. The third-order valence-electron chi connectivity index (χ3n) is 4.30. The van der Waals surface area contributed by atoms with E-state index in [1.54, 1.807) is 25.3 Å². The van der Waals surface area contributed by atoms with Gasteiger partial charge in [-0.2, -0.15) is 0 Å². The second-order valence-electron chi connectivity index (χ2n) is 6.44. The Kier molecular flexibility index (Phi) is 5.94. The van der Waals surface area contributed by atoms with Crippen LogP contribution in [0.3, 0.4) is 0 Å². The van der Waals surface area contributed by atoms with E-state index in [4.69, 9.17) is 9.47 Å². The number of hydrogen-bond donors (Lipinski definition) is 2. The fourth-order valence-corrected chi connectivity index (χ4v) is 3.06. The quantitative estimate of drug-likeness (QED) is 0.612. The SMILES string of the molecule is COCC(C)Nc1ccc(C(=O)O)c(OCc2cccc3ccccc23)c1. The van der Waals surface area contributed by atoms with Crippen LogP contribution < -0.4 is 10.1 Å². The predicted molar refractivity (Wildman–Crippen MR) is 107 cm³/mol. The first-order chi connectivity index (χ1) is 13.1. The van der Waals surface area contributed by atoms with Crippen molar-refractivity contribution in [2.24, 2.45) is 0 Å². The fraction of sp³-hybridized carbons (Fsp3) is 0.227. The van der Waals surface area contributed by atoms with E-state index < -0.39 is 5.97 Å². The highest BCUT2D eigenvalue weighted by molar-refractivity contribution is 5.91. The Morgan fingerprint density at radius 2 is 1.89 bits per heavy atom. The van der Waals surface area contributed by atoms with Crippen molar-refractivity contribution in [1.29, 1.82) is 0 Å². The van der Waals surface area contributed by atoms with Gasteiger partial charge < -0.3 is 19.9 Å². The predicted octanol–water partition coefficient (Wildman–Crippen LogP) is 4.56. The Hall–Kier alpha value is -3.05. The third kappa shape index (κ3) is 4.57. The van der Waals surface area contributed by atoms with Crippen LogP contribution >= 0.6 is 0 Å². The summed E-state index contributed by atoms with van der Waals surface area (Å²) in [5, 5.41) is 15.0. The molecule has 1 atom stereocenters. The average molecular weight is 365 g/mol. The van der Waals surface area contributed by atoms with Gasteiger partial charge in [0.05, 0.1) is 6.61 Å². The average Bonchev–Trinajstić information content (AvgIpc) is 2.66. The van der Waals surface area contributed by atoms with E-state index >= 15 is 0 Å². The maximum absolute atomic E-state index is 11.6. The molecule has 3 rings (SSSR count). The molecule has 3 aromatic rings. The van der Waals surface area contributed by atoms with Gasteiger partial charge in [-0.3, -0.25) is 0 Å². The van der Waals surface area contributed by atoms with Crippen molar-refractivity contribution in [2.75, 3.05) is 19.0 Å². The zero-order valence-electron chi connectivity index (χ0n) is 15.4. The first-order valence-electron chi connectivity index (χ1n) is 8.80. The monoisotopic (exact) mass is 365 g/mol. The first kappa shape index (κ1) is 18.7. The van der Waals surface area contributed by atoms with E-state index in [1.807, 2.05) is 49.4 Å². The molecule has 0 aliphatic rings. The van der Waals surface area contributed by atoms with Crippen molar-refractivity contribution < 1.29 is 19.4 Å². The maximum atomic E-state index is 11.6. The van der Waals surface area contributed by atoms with Gasteiger partial charge in [0.25, 0.3) is 0 Å². The van der Waals surface area contributed by atoms with E-state index in [0.717, 1.165) is 22.0 Å². The van der Waals surface area contributed by atoms with Gasteiger partial charge in [-0.05, 0) is 35.4 Å². The number of hydrogen-bond acceptors (Lipinski definition) is 4. The summed E-state index contributed by atoms with van der Waals surface area (Å²) in [6.07, 6.45) is 0. The molecule has 0 spiro atoms. The molecular weight excluding hydrogens is 342 g/mol. The van der Waals surface area contributed by atoms with Crippen LogP contribution in [-0.4, -0.2) is 30.8 Å². The van der Waals surface area contributed by atoms with Crippen molar-refractivity contribution in [3.63, 3.8) is 0 Å². The van der Waals surface area contributed by atoms with Crippen LogP contribution in [0.2, 0.25) is 0 Å². The zero-order chi connectivity index (χ0) is 19.2. The number of nitrogens with one attached hydrogen (secondary N) is 1. The topological polar surface area (TPSA) is 67.8 Å². The molecule has 0 heterocycles. The number of anilines is 1. The molecular formula is C22H23NO4. The second-order valence-corrected chi connectivity index (χ2v) is 6.44. The lowest BCUT2D eigenvalue weighted by Gasteiger charge is -2.17. The Labute approximate surface area is 158 Å². The largest absolute Gasteiger partial charge is 0.488 e. The summed E-state index contributed by atoms with van der Waals surface area (Å²) in [5.41, 5.74) is 1.94. The standard InChI is InChI=1S/C22H23NO4/c1-15(13-26-2)23-18-10-11-20(22(24)25)21(12-18)27-14-17-8-5-7-16-6-3-4-9-19(16)17/h3-12,15,23H,13-14H2,1-2H3,(H,24,25). The Balaban J connectivity index is 1.84. The lowest BCUT2D eigenvalue weighted by atomic mass is 10.1. The zero-order valence-corrected chi connectivity index (χ0v) is 15.4. The maximum Gasteiger partial charge on any atom is 0.339 e. The fourth-order valence-electron chi connectivity index (χ4n) is 3.06. The van der Waals surface area contributed by atoms with Crippen LogP contribution in [0.1, 0.15) is 22.8 Å². The van der Waals surface area contributed by atoms with Crippen LogP contribution in [-0.2, 0) is 11.3 Å². The van der Waals surface area contributed by atoms with Gasteiger partial charge >= 0.3 is 5.97 Å². The summed E-state index contributed by atoms with van der Waals surface area (Å²) < 4.78 is 11.0. The van der Waals surface area contributed by atoms with Crippen molar-refractivity contribution >= 4 is 22.4 Å². The first-order valence-corrected chi connectivity index (χ1v) is 8.80. The highest BCUT2D eigenvalue weighted by Crippen LogP contribution is 2.26. The highest BCUT2D eigenvalue weighted by Gasteiger charge is 2.14. The molecule has 0 bridgehead atoms. The number of ether oxygens (including phenoxy) is 2. The smallest absolute Gasteiger partial charge is 0.339 e. The van der Waals surface area contributed by atoms with Crippen LogP contribution in [0, 0.1) is 0 Å². The number of carboxylic acid groups (broad SMARTS) is 1. The van der Waals surface area contributed by atoms with Crippen LogP contribution in [0.25, 0.3) is 10.8 Å². The molecule has 140 valence electrons. The van der Waals surface area contributed by atoms with E-state index in [-0.39, 0.29) is 11.6 Å². The number of benzene rings is 3. The number of rotatable bonds is 8. The summed E-state index contributed by atoms with van der Waals surface area (Å²) >= 11 is 0. The lowest BCUT2D eigenvalue weighted by Crippen LogP contribution is -2.20. The lowest BCUT2D eigenvalue weighted by molar-refractivity contribution is 0.0692. The number of carbonyl (C=O) groups is 1. The van der Waals surface area contributed by atoms with Crippen LogP contribution in [0.15, 0.2) is 60.7 Å². The van der Waals surface area contributed by atoms with Crippen molar-refractivity contribution in [3.8, 4) is 5.75 Å². The number of methoxy groups -OCH3 is 1. The third-order valence-corrected chi connectivity index (χ3v) is 4.30. The summed E-state index contributed by atoms with van der Waals surface area (Å²) in [5.74, 6) is -0.676. The molecule has 3 aromatic carbocycles. The van der Waals surface area contributed by atoms with Crippen LogP contribution in [0.5, 0.6) is 5.75 Å². The number of fused-ring (bicyclic) bond motifs is 1. The van der Waals surface area contributed by atoms with Gasteiger partial charge in [-0.1, -0.05) is 42.5 Å².